The molecule has 0 saturated carbocycles. The van der Waals surface area contributed by atoms with Crippen LogP contribution < -0.4 is 4.72 Å². The first-order valence-electron chi connectivity index (χ1n) is 9.97. The van der Waals surface area contributed by atoms with E-state index in [1.165, 1.54) is 17.5 Å². The van der Waals surface area contributed by atoms with Gasteiger partial charge in [-0.1, -0.05) is 6.07 Å². The lowest BCUT2D eigenvalue weighted by Crippen LogP contribution is -2.34. The fourth-order valence-electron chi connectivity index (χ4n) is 4.27. The van der Waals surface area contributed by atoms with E-state index in [1.54, 1.807) is 23.5 Å². The number of benzene rings is 1. The molecule has 1 amide bonds. The van der Waals surface area contributed by atoms with Crippen LogP contribution in [0.15, 0.2) is 39.9 Å². The van der Waals surface area contributed by atoms with Crippen LogP contribution >= 0.6 is 11.3 Å². The molecule has 4 rings (SSSR count). The van der Waals surface area contributed by atoms with Gasteiger partial charge in [0.15, 0.2) is 0 Å². The number of aryl methyl sites for hydroxylation is 2. The van der Waals surface area contributed by atoms with Crippen molar-refractivity contribution in [3.63, 3.8) is 0 Å². The summed E-state index contributed by atoms with van der Waals surface area (Å²) < 4.78 is 27.9. The van der Waals surface area contributed by atoms with E-state index in [-0.39, 0.29) is 24.9 Å². The Balaban J connectivity index is 1.36. The lowest BCUT2D eigenvalue weighted by Gasteiger charge is -2.24. The quantitative estimate of drug-likeness (QED) is 0.779. The standard InChI is InChI=1S/C21H26N2O3S2/c24-21(23-12-3-6-20(23)18-10-13-27-15-18)9-11-22-28(25,26)19-8-7-16-4-1-2-5-17(16)14-19/h7-8,10,13-15,20,22H,1-6,9,11-12H2/t20-/m0/s1. The van der Waals surface area contributed by atoms with Crippen molar-refractivity contribution in [1.82, 2.24) is 9.62 Å². The summed E-state index contributed by atoms with van der Waals surface area (Å²) >= 11 is 1.64. The van der Waals surface area contributed by atoms with Crippen LogP contribution in [0.5, 0.6) is 0 Å². The summed E-state index contributed by atoms with van der Waals surface area (Å²) in [6.07, 6.45) is 6.40. The molecule has 1 aliphatic heterocycles. The van der Waals surface area contributed by atoms with Crippen molar-refractivity contribution in [2.24, 2.45) is 0 Å². The van der Waals surface area contributed by atoms with Crippen molar-refractivity contribution in [3.05, 3.63) is 51.7 Å². The summed E-state index contributed by atoms with van der Waals surface area (Å²) in [5.41, 5.74) is 3.58. The molecule has 1 aliphatic carbocycles. The zero-order valence-corrected chi connectivity index (χ0v) is 17.5. The van der Waals surface area contributed by atoms with Crippen molar-refractivity contribution in [2.75, 3.05) is 13.1 Å². The summed E-state index contributed by atoms with van der Waals surface area (Å²) in [6.45, 7) is 0.877. The number of rotatable bonds is 6. The van der Waals surface area contributed by atoms with Gasteiger partial charge in [0.1, 0.15) is 0 Å². The average molecular weight is 419 g/mol. The second-order valence-corrected chi connectivity index (χ2v) is 10.1. The molecule has 28 heavy (non-hydrogen) atoms. The van der Waals surface area contributed by atoms with Gasteiger partial charge in [0.05, 0.1) is 10.9 Å². The van der Waals surface area contributed by atoms with E-state index in [9.17, 15) is 13.2 Å². The van der Waals surface area contributed by atoms with Crippen molar-refractivity contribution in [1.29, 1.82) is 0 Å². The number of nitrogens with zero attached hydrogens (tertiary/aromatic N) is 1. The number of amides is 1. The van der Waals surface area contributed by atoms with Crippen LogP contribution in [0.1, 0.15) is 54.8 Å². The summed E-state index contributed by atoms with van der Waals surface area (Å²) in [4.78, 5) is 14.9. The number of thiophene rings is 1. The van der Waals surface area contributed by atoms with Crippen LogP contribution in [0.2, 0.25) is 0 Å². The second kappa shape index (κ2) is 8.35. The first-order valence-corrected chi connectivity index (χ1v) is 12.4. The number of nitrogens with one attached hydrogen (secondary N) is 1. The SMILES string of the molecule is O=C(CCNS(=O)(=O)c1ccc2c(c1)CCCC2)N1CCC[C@H]1c1ccsc1. The molecule has 0 bridgehead atoms. The monoisotopic (exact) mass is 418 g/mol. The van der Waals surface area contributed by atoms with Gasteiger partial charge in [-0.3, -0.25) is 4.79 Å². The van der Waals surface area contributed by atoms with Crippen molar-refractivity contribution in [2.45, 2.75) is 55.9 Å². The molecule has 2 heterocycles. The van der Waals surface area contributed by atoms with Crippen LogP contribution in [0.4, 0.5) is 0 Å². The lowest BCUT2D eigenvalue weighted by atomic mass is 9.92. The molecule has 150 valence electrons. The fourth-order valence-corrected chi connectivity index (χ4v) is 6.06. The first kappa shape index (κ1) is 19.6. The normalized spacial score (nSPS) is 19.6. The Morgan fingerprint density at radius 1 is 1.14 bits per heavy atom. The maximum atomic E-state index is 12.7. The number of hydrogen-bond donors (Lipinski definition) is 1. The molecule has 1 saturated heterocycles. The second-order valence-electron chi connectivity index (χ2n) is 7.59. The predicted octanol–water partition coefficient (Wildman–Crippen LogP) is 3.66. The van der Waals surface area contributed by atoms with E-state index < -0.39 is 10.0 Å². The largest absolute Gasteiger partial charge is 0.336 e. The number of sulfonamides is 1. The minimum Gasteiger partial charge on any atom is -0.336 e. The molecule has 1 atom stereocenters. The zero-order chi connectivity index (χ0) is 19.6. The molecule has 1 aromatic carbocycles. The number of carbonyl (C=O) groups excluding carboxylic acids is 1. The Morgan fingerprint density at radius 2 is 1.96 bits per heavy atom. The Hall–Kier alpha value is -1.70. The Bertz CT molecular complexity index is 939. The van der Waals surface area contributed by atoms with Gasteiger partial charge in [-0.25, -0.2) is 13.1 Å². The van der Waals surface area contributed by atoms with E-state index in [4.69, 9.17) is 0 Å². The third-order valence-corrected chi connectivity index (χ3v) is 7.92. The molecule has 1 fully saturated rings. The van der Waals surface area contributed by atoms with Crippen LogP contribution in [-0.4, -0.2) is 32.3 Å². The highest BCUT2D eigenvalue weighted by molar-refractivity contribution is 7.89. The van der Waals surface area contributed by atoms with Crippen molar-refractivity contribution in [3.8, 4) is 0 Å². The third kappa shape index (κ3) is 4.16. The summed E-state index contributed by atoms with van der Waals surface area (Å²) in [7, 11) is -3.59. The first-order chi connectivity index (χ1) is 13.5. The highest BCUT2D eigenvalue weighted by Crippen LogP contribution is 2.33. The fraction of sp³-hybridized carbons (Fsp3) is 0.476. The molecular formula is C21H26N2O3S2. The molecule has 0 unspecified atom stereocenters. The van der Waals surface area contributed by atoms with Gasteiger partial charge in [0, 0.05) is 19.5 Å². The molecule has 1 aromatic heterocycles. The molecule has 1 N–H and O–H groups in total. The van der Waals surface area contributed by atoms with Gasteiger partial charge in [0.25, 0.3) is 0 Å². The van der Waals surface area contributed by atoms with E-state index >= 15 is 0 Å². The van der Waals surface area contributed by atoms with Crippen LogP contribution in [0.3, 0.4) is 0 Å². The van der Waals surface area contributed by atoms with E-state index in [0.717, 1.165) is 44.2 Å². The third-order valence-electron chi connectivity index (χ3n) is 5.76. The summed E-state index contributed by atoms with van der Waals surface area (Å²) in [5.74, 6) is 0.0156. The molecular weight excluding hydrogens is 392 g/mol. The Kier molecular flexibility index (Phi) is 5.85. The lowest BCUT2D eigenvalue weighted by molar-refractivity contribution is -0.131. The zero-order valence-electron chi connectivity index (χ0n) is 15.9. The van der Waals surface area contributed by atoms with Gasteiger partial charge < -0.3 is 4.90 Å². The van der Waals surface area contributed by atoms with E-state index in [0.29, 0.717) is 4.90 Å². The maximum absolute atomic E-state index is 12.7. The minimum absolute atomic E-state index is 0.0156. The highest BCUT2D eigenvalue weighted by atomic mass is 32.2. The summed E-state index contributed by atoms with van der Waals surface area (Å²) in [5, 5.41) is 4.12. The number of hydrogen-bond acceptors (Lipinski definition) is 4. The topological polar surface area (TPSA) is 66.5 Å². The number of fused-ring (bicyclic) bond motifs is 1. The van der Waals surface area contributed by atoms with Crippen LogP contribution in [0.25, 0.3) is 0 Å². The van der Waals surface area contributed by atoms with Gasteiger partial charge in [-0.15, -0.1) is 0 Å². The van der Waals surface area contributed by atoms with Gasteiger partial charge in [-0.05, 0) is 84.2 Å². The molecule has 0 radical (unpaired) electrons. The number of likely N-dealkylation sites (tertiary alicyclic amines) is 1. The van der Waals surface area contributed by atoms with Crippen LogP contribution in [0, 0.1) is 0 Å². The Labute approximate surface area is 170 Å². The minimum atomic E-state index is -3.59. The molecule has 2 aromatic rings. The highest BCUT2D eigenvalue weighted by Gasteiger charge is 2.30. The smallest absolute Gasteiger partial charge is 0.240 e. The molecule has 0 spiro atoms. The van der Waals surface area contributed by atoms with Gasteiger partial charge in [0.2, 0.25) is 15.9 Å². The van der Waals surface area contributed by atoms with Crippen molar-refractivity contribution < 1.29 is 13.2 Å². The maximum Gasteiger partial charge on any atom is 0.240 e. The molecule has 5 nitrogen and oxygen atoms in total. The van der Waals surface area contributed by atoms with Gasteiger partial charge >= 0.3 is 0 Å². The molecule has 2 aliphatic rings. The number of carbonyl (C=O) groups is 1. The molecule has 7 heteroatoms. The summed E-state index contributed by atoms with van der Waals surface area (Å²) in [6, 6.07) is 7.62. The average Bonchev–Trinajstić information content (AvgIpc) is 3.38. The Morgan fingerprint density at radius 3 is 2.75 bits per heavy atom. The van der Waals surface area contributed by atoms with Gasteiger partial charge in [-0.2, -0.15) is 11.3 Å². The van der Waals surface area contributed by atoms with Crippen LogP contribution in [-0.2, 0) is 27.7 Å². The van der Waals surface area contributed by atoms with Crippen molar-refractivity contribution >= 4 is 27.3 Å². The predicted molar refractivity (Wildman–Crippen MR) is 111 cm³/mol. The van der Waals surface area contributed by atoms with E-state index in [1.807, 2.05) is 16.3 Å². The van der Waals surface area contributed by atoms with E-state index in [2.05, 4.69) is 16.2 Å².